The third kappa shape index (κ3) is 6.32. The molecule has 3 aromatic rings. The number of hydrogen-bond acceptors (Lipinski definition) is 9. The van der Waals surface area contributed by atoms with Crippen LogP contribution in [-0.4, -0.2) is 72.9 Å². The summed E-state index contributed by atoms with van der Waals surface area (Å²) in [5.74, 6) is -0.642. The van der Waals surface area contributed by atoms with E-state index < -0.39 is 36.4 Å². The van der Waals surface area contributed by atoms with Gasteiger partial charge in [-0.05, 0) is 38.0 Å². The van der Waals surface area contributed by atoms with Crippen molar-refractivity contribution in [2.75, 3.05) is 6.61 Å². The topological polar surface area (TPSA) is 160 Å². The van der Waals surface area contributed by atoms with E-state index in [4.69, 9.17) is 4.74 Å². The summed E-state index contributed by atoms with van der Waals surface area (Å²) in [7, 11) is 0. The molecule has 1 fully saturated rings. The molecule has 0 bridgehead atoms. The van der Waals surface area contributed by atoms with Gasteiger partial charge in [0.05, 0.1) is 18.0 Å². The molecule has 7 N–H and O–H groups in total. The Bertz CT molecular complexity index is 1330. The summed E-state index contributed by atoms with van der Waals surface area (Å²) in [6.07, 6.45) is 0.810. The standard InChI is InChI=1S/C29H33NO8S/c1-16-18(26(35)23-19(25(16)34)12-8-13-20(23)32)11-6-3-7-14-22(33)30-24-28(37)27(36)21(15-31)38-29(24)39-17-9-4-2-5-10-17/h2,4-6,8-13,21,24,27-29,31-32,34-37H,3,7,14-15H2,1H3,(H,30,33)/b11-6+/t21-,24-,27-,28-,29-/m1/s1. The fraction of sp³-hybridized carbons (Fsp3) is 0.345. The summed E-state index contributed by atoms with van der Waals surface area (Å²) in [5.41, 5.74) is 0.115. The van der Waals surface area contributed by atoms with Crippen LogP contribution in [0.3, 0.4) is 0 Å². The van der Waals surface area contributed by atoms with Crippen LogP contribution in [0, 0.1) is 6.92 Å². The molecule has 4 rings (SSSR count). The number of amides is 1. The Morgan fingerprint density at radius 1 is 1.03 bits per heavy atom. The average molecular weight is 556 g/mol. The minimum absolute atomic E-state index is 0.0282. The van der Waals surface area contributed by atoms with E-state index in [9.17, 15) is 35.4 Å². The third-order valence-electron chi connectivity index (χ3n) is 6.81. The van der Waals surface area contributed by atoms with Crippen molar-refractivity contribution in [1.82, 2.24) is 5.32 Å². The normalized spacial score (nSPS) is 23.3. The Morgan fingerprint density at radius 3 is 2.49 bits per heavy atom. The lowest BCUT2D eigenvalue weighted by Crippen LogP contribution is -2.63. The van der Waals surface area contributed by atoms with Crippen molar-refractivity contribution < 1.29 is 40.2 Å². The number of aliphatic hydroxyl groups excluding tert-OH is 3. The van der Waals surface area contributed by atoms with Gasteiger partial charge >= 0.3 is 0 Å². The number of fused-ring (bicyclic) bond motifs is 1. The number of thioether (sulfide) groups is 1. The van der Waals surface area contributed by atoms with Crippen LogP contribution >= 0.6 is 11.8 Å². The van der Waals surface area contributed by atoms with E-state index >= 15 is 0 Å². The number of nitrogens with one attached hydrogen (secondary N) is 1. The average Bonchev–Trinajstić information content (AvgIpc) is 2.93. The van der Waals surface area contributed by atoms with Crippen molar-refractivity contribution in [1.29, 1.82) is 0 Å². The largest absolute Gasteiger partial charge is 0.507 e. The maximum atomic E-state index is 12.7. The lowest BCUT2D eigenvalue weighted by molar-refractivity contribution is -0.173. The first-order valence-electron chi connectivity index (χ1n) is 12.7. The maximum absolute atomic E-state index is 12.7. The first-order valence-corrected chi connectivity index (χ1v) is 13.6. The number of ether oxygens (including phenoxy) is 1. The SMILES string of the molecule is Cc1c(/C=C/CCCC(=O)N[C@@H]2[C@@H](O)[C@H](O)[C@@H](CO)O[C@@H]2Sc2ccccc2)c(O)c2c(O)cccc2c1O. The van der Waals surface area contributed by atoms with Crippen molar-refractivity contribution in [3.8, 4) is 17.2 Å². The smallest absolute Gasteiger partial charge is 0.220 e. The summed E-state index contributed by atoms with van der Waals surface area (Å²) in [6, 6.07) is 13.0. The first kappa shape index (κ1) is 28.7. The van der Waals surface area contributed by atoms with E-state index in [2.05, 4.69) is 5.32 Å². The van der Waals surface area contributed by atoms with Gasteiger partial charge in [0.15, 0.2) is 0 Å². The van der Waals surface area contributed by atoms with E-state index in [0.717, 1.165) is 4.90 Å². The molecular weight excluding hydrogens is 522 g/mol. The Hall–Kier alpha value is -3.28. The number of carbonyl (C=O) groups excluding carboxylic acids is 1. The van der Waals surface area contributed by atoms with Gasteiger partial charge in [-0.1, -0.05) is 54.2 Å². The van der Waals surface area contributed by atoms with Gasteiger partial charge in [0.25, 0.3) is 0 Å². The summed E-state index contributed by atoms with van der Waals surface area (Å²) in [4.78, 5) is 13.6. The van der Waals surface area contributed by atoms with Crippen molar-refractivity contribution in [2.45, 2.75) is 60.9 Å². The molecule has 0 saturated carbocycles. The fourth-order valence-corrected chi connectivity index (χ4v) is 5.80. The minimum atomic E-state index is -1.36. The van der Waals surface area contributed by atoms with Crippen LogP contribution in [0.2, 0.25) is 0 Å². The number of aliphatic hydroxyl groups is 3. The minimum Gasteiger partial charge on any atom is -0.507 e. The number of allylic oxidation sites excluding steroid dienone is 1. The zero-order valence-corrected chi connectivity index (χ0v) is 22.2. The van der Waals surface area contributed by atoms with Crippen molar-refractivity contribution in [2.24, 2.45) is 0 Å². The molecule has 0 radical (unpaired) electrons. The molecular formula is C29H33NO8S. The predicted molar refractivity (Wildman–Crippen MR) is 149 cm³/mol. The molecule has 10 heteroatoms. The van der Waals surface area contributed by atoms with Crippen molar-refractivity contribution in [3.05, 3.63) is 65.7 Å². The van der Waals surface area contributed by atoms with E-state index in [1.54, 1.807) is 31.2 Å². The lowest BCUT2D eigenvalue weighted by Gasteiger charge is -2.42. The van der Waals surface area contributed by atoms with Crippen molar-refractivity contribution in [3.63, 3.8) is 0 Å². The second kappa shape index (κ2) is 12.7. The van der Waals surface area contributed by atoms with Crippen LogP contribution < -0.4 is 5.32 Å². The highest BCUT2D eigenvalue weighted by Gasteiger charge is 2.45. The zero-order valence-electron chi connectivity index (χ0n) is 21.4. The van der Waals surface area contributed by atoms with Gasteiger partial charge in [-0.2, -0.15) is 0 Å². The first-order chi connectivity index (χ1) is 18.7. The third-order valence-corrected chi connectivity index (χ3v) is 7.99. The Kier molecular flexibility index (Phi) is 9.36. The van der Waals surface area contributed by atoms with Gasteiger partial charge in [0.1, 0.15) is 41.0 Å². The number of benzene rings is 3. The highest BCUT2D eigenvalue weighted by atomic mass is 32.2. The van der Waals surface area contributed by atoms with E-state index in [1.807, 2.05) is 30.3 Å². The summed E-state index contributed by atoms with van der Waals surface area (Å²) < 4.78 is 5.81. The summed E-state index contributed by atoms with van der Waals surface area (Å²) in [5, 5.41) is 65.3. The van der Waals surface area contributed by atoms with Crippen LogP contribution in [-0.2, 0) is 9.53 Å². The molecule has 1 saturated heterocycles. The second-order valence-electron chi connectivity index (χ2n) is 9.46. The molecule has 1 aliphatic rings. The molecule has 0 aromatic heterocycles. The Morgan fingerprint density at radius 2 is 1.77 bits per heavy atom. The van der Waals surface area contributed by atoms with Gasteiger partial charge in [0, 0.05) is 27.8 Å². The number of aromatic hydroxyl groups is 3. The van der Waals surface area contributed by atoms with Crippen LogP contribution in [0.25, 0.3) is 16.8 Å². The number of phenolic OH excluding ortho intramolecular Hbond substituents is 3. The monoisotopic (exact) mass is 555 g/mol. The van der Waals surface area contributed by atoms with E-state index in [0.29, 0.717) is 29.4 Å². The molecule has 1 heterocycles. The summed E-state index contributed by atoms with van der Waals surface area (Å²) >= 11 is 1.28. The van der Waals surface area contributed by atoms with Crippen LogP contribution in [0.1, 0.15) is 30.4 Å². The molecule has 5 atom stereocenters. The molecule has 1 aliphatic heterocycles. The molecule has 39 heavy (non-hydrogen) atoms. The number of carbonyl (C=O) groups is 1. The van der Waals surface area contributed by atoms with Gasteiger partial charge in [-0.25, -0.2) is 0 Å². The second-order valence-corrected chi connectivity index (χ2v) is 10.6. The molecule has 3 aromatic carbocycles. The number of rotatable bonds is 9. The van der Waals surface area contributed by atoms with Gasteiger partial charge in [0.2, 0.25) is 5.91 Å². The van der Waals surface area contributed by atoms with E-state index in [1.165, 1.54) is 17.8 Å². The summed E-state index contributed by atoms with van der Waals surface area (Å²) in [6.45, 7) is 1.20. The molecule has 0 aliphatic carbocycles. The highest BCUT2D eigenvalue weighted by molar-refractivity contribution is 7.99. The fourth-order valence-electron chi connectivity index (χ4n) is 4.64. The molecule has 208 valence electrons. The van der Waals surface area contributed by atoms with Gasteiger partial charge in [-0.3, -0.25) is 4.79 Å². The van der Waals surface area contributed by atoms with Crippen LogP contribution in [0.15, 0.2) is 59.5 Å². The van der Waals surface area contributed by atoms with Gasteiger partial charge in [-0.15, -0.1) is 0 Å². The number of unbranched alkanes of at least 4 members (excludes halogenated alkanes) is 1. The molecule has 1 amide bonds. The number of phenols is 3. The Labute approximate surface area is 230 Å². The molecule has 0 unspecified atom stereocenters. The predicted octanol–water partition coefficient (Wildman–Crippen LogP) is 3.16. The van der Waals surface area contributed by atoms with Crippen LogP contribution in [0.5, 0.6) is 17.2 Å². The zero-order chi connectivity index (χ0) is 28.1. The molecule has 0 spiro atoms. The maximum Gasteiger partial charge on any atom is 0.220 e. The van der Waals surface area contributed by atoms with Crippen molar-refractivity contribution >= 4 is 34.5 Å². The lowest BCUT2D eigenvalue weighted by atomic mass is 9.97. The molecule has 9 nitrogen and oxygen atoms in total. The Balaban J connectivity index is 1.38. The quantitative estimate of drug-likeness (QED) is 0.155. The van der Waals surface area contributed by atoms with Gasteiger partial charge < -0.3 is 40.7 Å². The highest BCUT2D eigenvalue weighted by Crippen LogP contribution is 2.43. The van der Waals surface area contributed by atoms with Crippen LogP contribution in [0.4, 0.5) is 0 Å². The van der Waals surface area contributed by atoms with E-state index in [-0.39, 0.29) is 35.0 Å². The number of hydrogen-bond donors (Lipinski definition) is 7.